The van der Waals surface area contributed by atoms with Crippen LogP contribution < -0.4 is 10.1 Å². The van der Waals surface area contributed by atoms with E-state index in [1.54, 1.807) is 12.1 Å². The smallest absolute Gasteiger partial charge is 0.387 e. The lowest BCUT2D eigenvalue weighted by atomic mass is 10.0. The predicted octanol–water partition coefficient (Wildman–Crippen LogP) is 5.75. The largest absolute Gasteiger partial charge is 0.433 e. The predicted molar refractivity (Wildman–Crippen MR) is 109 cm³/mol. The van der Waals surface area contributed by atoms with Crippen LogP contribution in [0.1, 0.15) is 16.4 Å². The minimum atomic E-state index is -2.95. The molecule has 0 atom stereocenters. The molecule has 3 aromatic rings. The summed E-state index contributed by atoms with van der Waals surface area (Å²) in [5.41, 5.74) is 2.41. The van der Waals surface area contributed by atoms with Gasteiger partial charge in [-0.3, -0.25) is 4.79 Å². The van der Waals surface area contributed by atoms with Crippen LogP contribution in [0.5, 0.6) is 5.75 Å². The van der Waals surface area contributed by atoms with Gasteiger partial charge in [-0.2, -0.15) is 8.78 Å². The van der Waals surface area contributed by atoms with Crippen LogP contribution in [0.25, 0.3) is 0 Å². The Kier molecular flexibility index (Phi) is 7.03. The van der Waals surface area contributed by atoms with Crippen LogP contribution in [-0.4, -0.2) is 18.3 Å². The summed E-state index contributed by atoms with van der Waals surface area (Å²) in [6.07, 6.45) is 0. The van der Waals surface area contributed by atoms with Crippen LogP contribution in [0, 0.1) is 0 Å². The molecule has 0 radical (unpaired) electrons. The fraction of sp³-hybridized carbons (Fsp3) is 0.136. The van der Waals surface area contributed by atoms with Crippen molar-refractivity contribution in [2.75, 3.05) is 11.1 Å². The lowest BCUT2D eigenvalue weighted by Crippen LogP contribution is -2.16. The third-order valence-electron chi connectivity index (χ3n) is 3.96. The summed E-state index contributed by atoms with van der Waals surface area (Å²) >= 11 is 1.47. The van der Waals surface area contributed by atoms with Gasteiger partial charge in [-0.15, -0.1) is 11.8 Å². The van der Waals surface area contributed by atoms with E-state index in [2.05, 4.69) is 10.1 Å². The number of alkyl halides is 2. The maximum atomic E-state index is 12.5. The monoisotopic (exact) mass is 399 g/mol. The van der Waals surface area contributed by atoms with Crippen LogP contribution >= 0.6 is 11.8 Å². The molecule has 144 valence electrons. The molecule has 28 heavy (non-hydrogen) atoms. The zero-order valence-electron chi connectivity index (χ0n) is 14.9. The van der Waals surface area contributed by atoms with Crippen LogP contribution in [0.4, 0.5) is 14.5 Å². The summed E-state index contributed by atoms with van der Waals surface area (Å²) in [5.74, 6) is -0.178. The van der Waals surface area contributed by atoms with Crippen LogP contribution in [0.15, 0.2) is 84.9 Å². The first-order valence-electron chi connectivity index (χ1n) is 8.68. The van der Waals surface area contributed by atoms with Crippen molar-refractivity contribution in [3.8, 4) is 5.75 Å². The highest BCUT2D eigenvalue weighted by molar-refractivity contribution is 8.00. The highest BCUT2D eigenvalue weighted by Crippen LogP contribution is 2.35. The van der Waals surface area contributed by atoms with E-state index in [0.717, 1.165) is 11.1 Å². The second-order valence-corrected chi connectivity index (χ2v) is 7.03. The lowest BCUT2D eigenvalue weighted by Gasteiger charge is -2.18. The van der Waals surface area contributed by atoms with Crippen LogP contribution in [0.2, 0.25) is 0 Å². The SMILES string of the molecule is O=C(CSC(c1ccccc1)c1ccccc1)Nc1ccccc1OC(F)F. The van der Waals surface area contributed by atoms with Gasteiger partial charge < -0.3 is 10.1 Å². The maximum Gasteiger partial charge on any atom is 0.387 e. The van der Waals surface area contributed by atoms with Gasteiger partial charge in [0.25, 0.3) is 0 Å². The van der Waals surface area contributed by atoms with E-state index in [0.29, 0.717) is 0 Å². The third-order valence-corrected chi connectivity index (χ3v) is 5.27. The summed E-state index contributed by atoms with van der Waals surface area (Å²) < 4.78 is 29.5. The number of carbonyl (C=O) groups is 1. The maximum absolute atomic E-state index is 12.5. The number of carbonyl (C=O) groups excluding carboxylic acids is 1. The Hall–Kier alpha value is -2.86. The van der Waals surface area contributed by atoms with Crippen molar-refractivity contribution in [1.29, 1.82) is 0 Å². The Labute approximate surface area is 166 Å². The minimum absolute atomic E-state index is 0.0132. The summed E-state index contributed by atoms with van der Waals surface area (Å²) in [6.45, 7) is -2.95. The van der Waals surface area contributed by atoms with Gasteiger partial charge in [-0.05, 0) is 23.3 Å². The summed E-state index contributed by atoms with van der Waals surface area (Å²) in [4.78, 5) is 12.4. The first kappa shape index (κ1) is 19.9. The number of anilines is 1. The molecule has 3 rings (SSSR count). The molecule has 0 bridgehead atoms. The molecular formula is C22H19F2NO2S. The lowest BCUT2D eigenvalue weighted by molar-refractivity contribution is -0.113. The van der Waals surface area contributed by atoms with Crippen molar-refractivity contribution in [3.05, 3.63) is 96.1 Å². The number of halogens is 2. The molecular weight excluding hydrogens is 380 g/mol. The second kappa shape index (κ2) is 9.90. The molecule has 0 aliphatic heterocycles. The van der Waals surface area contributed by atoms with Gasteiger partial charge in [0.05, 0.1) is 16.7 Å². The number of para-hydroxylation sites is 2. The van der Waals surface area contributed by atoms with E-state index < -0.39 is 6.61 Å². The molecule has 3 aromatic carbocycles. The molecule has 0 heterocycles. The summed E-state index contributed by atoms with van der Waals surface area (Å²) in [7, 11) is 0. The number of ether oxygens (including phenoxy) is 1. The van der Waals surface area contributed by atoms with Gasteiger partial charge in [0.15, 0.2) is 0 Å². The van der Waals surface area contributed by atoms with E-state index in [1.165, 1.54) is 23.9 Å². The average molecular weight is 399 g/mol. The molecule has 0 aliphatic carbocycles. The molecule has 0 saturated carbocycles. The Bertz CT molecular complexity index is 852. The second-order valence-electron chi connectivity index (χ2n) is 5.94. The normalized spacial score (nSPS) is 10.9. The number of thioether (sulfide) groups is 1. The molecule has 0 spiro atoms. The number of amides is 1. The molecule has 1 amide bonds. The molecule has 0 fully saturated rings. The fourth-order valence-electron chi connectivity index (χ4n) is 2.75. The zero-order chi connectivity index (χ0) is 19.8. The van der Waals surface area contributed by atoms with Gasteiger partial charge >= 0.3 is 6.61 Å². The van der Waals surface area contributed by atoms with Gasteiger partial charge in [-0.25, -0.2) is 0 Å². The Morgan fingerprint density at radius 2 is 1.39 bits per heavy atom. The van der Waals surface area contributed by atoms with E-state index in [9.17, 15) is 13.6 Å². The summed E-state index contributed by atoms with van der Waals surface area (Å²) in [5, 5.41) is 2.64. The first-order chi connectivity index (χ1) is 13.6. The number of rotatable bonds is 8. The molecule has 3 nitrogen and oxygen atoms in total. The Balaban J connectivity index is 1.70. The van der Waals surface area contributed by atoms with Gasteiger partial charge in [0.2, 0.25) is 5.91 Å². The van der Waals surface area contributed by atoms with Crippen molar-refractivity contribution < 1.29 is 18.3 Å². The molecule has 0 aliphatic rings. The molecule has 0 aromatic heterocycles. The number of hydrogen-bond donors (Lipinski definition) is 1. The standard InChI is InChI=1S/C22H19F2NO2S/c23-22(24)27-19-14-8-7-13-18(19)25-20(26)15-28-21(16-9-3-1-4-10-16)17-11-5-2-6-12-17/h1-14,21-22H,15H2,(H,25,26). The topological polar surface area (TPSA) is 38.3 Å². The first-order valence-corrected chi connectivity index (χ1v) is 9.73. The average Bonchev–Trinajstić information content (AvgIpc) is 2.71. The fourth-order valence-corrected chi connectivity index (χ4v) is 3.84. The van der Waals surface area contributed by atoms with E-state index in [1.807, 2.05) is 60.7 Å². The van der Waals surface area contributed by atoms with E-state index >= 15 is 0 Å². The molecule has 6 heteroatoms. The van der Waals surface area contributed by atoms with Crippen molar-refractivity contribution >= 4 is 23.4 Å². The zero-order valence-corrected chi connectivity index (χ0v) is 15.7. The molecule has 1 N–H and O–H groups in total. The van der Waals surface area contributed by atoms with Crippen molar-refractivity contribution in [3.63, 3.8) is 0 Å². The van der Waals surface area contributed by atoms with Crippen LogP contribution in [0.3, 0.4) is 0 Å². The number of nitrogens with one attached hydrogen (secondary N) is 1. The van der Waals surface area contributed by atoms with Gasteiger partial charge in [-0.1, -0.05) is 72.8 Å². The Morgan fingerprint density at radius 1 is 0.857 bits per heavy atom. The van der Waals surface area contributed by atoms with Crippen molar-refractivity contribution in [2.24, 2.45) is 0 Å². The third kappa shape index (κ3) is 5.57. The van der Waals surface area contributed by atoms with Crippen LogP contribution in [-0.2, 0) is 4.79 Å². The Morgan fingerprint density at radius 3 is 1.96 bits per heavy atom. The van der Waals surface area contributed by atoms with E-state index in [4.69, 9.17) is 0 Å². The molecule has 0 unspecified atom stereocenters. The minimum Gasteiger partial charge on any atom is -0.433 e. The highest BCUT2D eigenvalue weighted by Gasteiger charge is 2.17. The quantitative estimate of drug-likeness (QED) is 0.524. The highest BCUT2D eigenvalue weighted by atomic mass is 32.2. The summed E-state index contributed by atoms with van der Waals surface area (Å²) in [6, 6.07) is 26.0. The van der Waals surface area contributed by atoms with Gasteiger partial charge in [0, 0.05) is 0 Å². The van der Waals surface area contributed by atoms with E-state index in [-0.39, 0.29) is 28.3 Å². The van der Waals surface area contributed by atoms with Crippen molar-refractivity contribution in [2.45, 2.75) is 11.9 Å². The molecule has 0 saturated heterocycles. The van der Waals surface area contributed by atoms with Gasteiger partial charge in [0.1, 0.15) is 5.75 Å². The number of benzene rings is 3. The number of hydrogen-bond acceptors (Lipinski definition) is 3. The van der Waals surface area contributed by atoms with Crippen molar-refractivity contribution in [1.82, 2.24) is 0 Å².